The molecule has 5 aromatic heterocycles. The Bertz CT molecular complexity index is 1780. The number of H-pyrrole nitrogens is 2. The molecule has 0 aliphatic carbocycles. The summed E-state index contributed by atoms with van der Waals surface area (Å²) in [6.07, 6.45) is 5.19. The summed E-state index contributed by atoms with van der Waals surface area (Å²) in [5.74, 6) is 0.509. The van der Waals surface area contributed by atoms with Gasteiger partial charge in [0.1, 0.15) is 11.3 Å². The quantitative estimate of drug-likeness (QED) is 0.251. The number of hydrogen-bond acceptors (Lipinski definition) is 6. The summed E-state index contributed by atoms with van der Waals surface area (Å²) in [6.45, 7) is 8.24. The number of nitrogens with zero attached hydrogens (tertiary/aromatic N) is 5. The van der Waals surface area contributed by atoms with Gasteiger partial charge in [0, 0.05) is 29.2 Å². The van der Waals surface area contributed by atoms with Crippen LogP contribution in [0.1, 0.15) is 13.8 Å². The highest BCUT2D eigenvalue weighted by Gasteiger charge is 2.17. The second-order valence-corrected chi connectivity index (χ2v) is 9.08. The molecule has 0 saturated heterocycles. The maximum atomic E-state index is 13.9. The van der Waals surface area contributed by atoms with E-state index in [0.717, 1.165) is 39.3 Å². The lowest BCUT2D eigenvalue weighted by Gasteiger charge is -2.13. The molecule has 8 nitrogen and oxygen atoms in total. The van der Waals surface area contributed by atoms with Gasteiger partial charge in [-0.3, -0.25) is 10.1 Å². The van der Waals surface area contributed by atoms with Gasteiger partial charge in [0.15, 0.2) is 17.2 Å². The Morgan fingerprint density at radius 2 is 1.92 bits per heavy atom. The van der Waals surface area contributed by atoms with Crippen LogP contribution in [0.25, 0.3) is 56.1 Å². The third-order valence-electron chi connectivity index (χ3n) is 6.20. The number of halogens is 1. The first-order valence-corrected chi connectivity index (χ1v) is 11.8. The number of rotatable bonds is 6. The molecule has 0 radical (unpaired) electrons. The van der Waals surface area contributed by atoms with E-state index >= 15 is 0 Å². The number of pyridine rings is 3. The number of hydrogen-bond donors (Lipinski definition) is 3. The summed E-state index contributed by atoms with van der Waals surface area (Å²) in [5, 5.41) is 10.8. The van der Waals surface area contributed by atoms with Gasteiger partial charge in [-0.25, -0.2) is 19.3 Å². The minimum atomic E-state index is -0.306. The van der Waals surface area contributed by atoms with Crippen LogP contribution in [0, 0.1) is 11.7 Å². The Morgan fingerprint density at radius 3 is 2.76 bits per heavy atom. The van der Waals surface area contributed by atoms with Gasteiger partial charge in [0.2, 0.25) is 0 Å². The molecule has 0 bridgehead atoms. The maximum Gasteiger partial charge on any atom is 0.178 e. The van der Waals surface area contributed by atoms with Gasteiger partial charge in [0.25, 0.3) is 0 Å². The lowest BCUT2D eigenvalue weighted by molar-refractivity contribution is 0.628. The topological polar surface area (TPSA) is 108 Å². The van der Waals surface area contributed by atoms with E-state index in [1.54, 1.807) is 24.7 Å². The van der Waals surface area contributed by atoms with Crippen molar-refractivity contribution in [3.8, 4) is 33.9 Å². The Labute approximate surface area is 211 Å². The van der Waals surface area contributed by atoms with Crippen LogP contribution < -0.4 is 5.32 Å². The third kappa shape index (κ3) is 4.20. The van der Waals surface area contributed by atoms with E-state index in [0.29, 0.717) is 34.1 Å². The Morgan fingerprint density at radius 1 is 1.03 bits per heavy atom. The van der Waals surface area contributed by atoms with E-state index in [9.17, 15) is 4.39 Å². The number of fused-ring (bicyclic) bond motifs is 2. The predicted molar refractivity (Wildman–Crippen MR) is 143 cm³/mol. The van der Waals surface area contributed by atoms with Crippen LogP contribution in [0.2, 0.25) is 0 Å². The first-order valence-electron chi connectivity index (χ1n) is 11.8. The van der Waals surface area contributed by atoms with Crippen LogP contribution >= 0.6 is 0 Å². The number of aromatic nitrogens is 7. The van der Waals surface area contributed by atoms with Crippen molar-refractivity contribution < 1.29 is 4.39 Å². The summed E-state index contributed by atoms with van der Waals surface area (Å²) in [4.78, 5) is 21.6. The number of anilines is 1. The first-order chi connectivity index (χ1) is 18.0. The van der Waals surface area contributed by atoms with E-state index in [2.05, 4.69) is 55.9 Å². The SMILES string of the molecule is C=C(Nc1cncc(-c2ccc3[nH]nc(-c4nc5nccc(-c6cccc(F)c6)c5[nH]4)c3n2)c1)C(C)C. The first kappa shape index (κ1) is 22.5. The average molecular weight is 491 g/mol. The van der Waals surface area contributed by atoms with E-state index in [4.69, 9.17) is 4.98 Å². The smallest absolute Gasteiger partial charge is 0.178 e. The van der Waals surface area contributed by atoms with Crippen molar-refractivity contribution >= 4 is 27.9 Å². The number of imidazole rings is 1. The molecule has 0 amide bonds. The molecule has 37 heavy (non-hydrogen) atoms. The van der Waals surface area contributed by atoms with Gasteiger partial charge < -0.3 is 10.3 Å². The molecule has 0 atom stereocenters. The van der Waals surface area contributed by atoms with Gasteiger partial charge >= 0.3 is 0 Å². The molecule has 5 heterocycles. The molecule has 6 rings (SSSR count). The number of aromatic amines is 2. The second kappa shape index (κ2) is 8.94. The van der Waals surface area contributed by atoms with Crippen molar-refractivity contribution in [2.45, 2.75) is 13.8 Å². The van der Waals surface area contributed by atoms with E-state index < -0.39 is 0 Å². The fourth-order valence-electron chi connectivity index (χ4n) is 4.12. The van der Waals surface area contributed by atoms with Crippen LogP contribution in [0.4, 0.5) is 10.1 Å². The largest absolute Gasteiger partial charge is 0.358 e. The summed E-state index contributed by atoms with van der Waals surface area (Å²) in [6, 6.07) is 14.1. The van der Waals surface area contributed by atoms with Crippen LogP contribution in [0.15, 0.2) is 79.4 Å². The normalized spacial score (nSPS) is 11.5. The van der Waals surface area contributed by atoms with Crippen molar-refractivity contribution in [1.29, 1.82) is 0 Å². The van der Waals surface area contributed by atoms with Gasteiger partial charge in [-0.1, -0.05) is 32.6 Å². The molecule has 0 fully saturated rings. The van der Waals surface area contributed by atoms with E-state index in [-0.39, 0.29) is 5.82 Å². The van der Waals surface area contributed by atoms with Crippen molar-refractivity contribution in [3.05, 3.63) is 85.2 Å². The summed E-state index contributed by atoms with van der Waals surface area (Å²) >= 11 is 0. The van der Waals surface area contributed by atoms with E-state index in [1.807, 2.05) is 30.3 Å². The number of nitrogens with one attached hydrogen (secondary N) is 3. The molecule has 182 valence electrons. The highest BCUT2D eigenvalue weighted by Crippen LogP contribution is 2.31. The lowest BCUT2D eigenvalue weighted by Crippen LogP contribution is -2.04. The molecule has 0 saturated carbocycles. The predicted octanol–water partition coefficient (Wildman–Crippen LogP) is 6.35. The van der Waals surface area contributed by atoms with Gasteiger partial charge in [-0.2, -0.15) is 5.10 Å². The summed E-state index contributed by atoms with van der Waals surface area (Å²) < 4.78 is 13.9. The van der Waals surface area contributed by atoms with Gasteiger partial charge in [0.05, 0.1) is 28.6 Å². The highest BCUT2D eigenvalue weighted by atomic mass is 19.1. The number of allylic oxidation sites excluding steroid dienone is 1. The standard InChI is InChI=1S/C28H23FN8/c1-15(2)16(3)32-20-12-18(13-30-14-20)22-7-8-23-25(33-22)26(37-36-23)28-34-24-21(9-10-31-27(24)35-28)17-5-4-6-19(29)11-17/h4-15,32H,3H2,1-2H3,(H,36,37)(H,31,34,35). The minimum Gasteiger partial charge on any atom is -0.358 e. The zero-order valence-corrected chi connectivity index (χ0v) is 20.2. The second-order valence-electron chi connectivity index (χ2n) is 9.08. The van der Waals surface area contributed by atoms with Gasteiger partial charge in [-0.15, -0.1) is 0 Å². The average Bonchev–Trinajstić information content (AvgIpc) is 3.52. The molecule has 9 heteroatoms. The molecule has 6 aromatic rings. The monoisotopic (exact) mass is 490 g/mol. The zero-order valence-electron chi connectivity index (χ0n) is 20.2. The maximum absolute atomic E-state index is 13.9. The summed E-state index contributed by atoms with van der Waals surface area (Å²) in [5.41, 5.74) is 8.10. The highest BCUT2D eigenvalue weighted by molar-refractivity contribution is 5.95. The lowest BCUT2D eigenvalue weighted by atomic mass is 10.1. The van der Waals surface area contributed by atoms with Crippen molar-refractivity contribution in [2.75, 3.05) is 5.32 Å². The molecule has 0 aliphatic heterocycles. The van der Waals surface area contributed by atoms with Crippen molar-refractivity contribution in [1.82, 2.24) is 35.1 Å². The Kier molecular flexibility index (Phi) is 5.45. The van der Waals surface area contributed by atoms with E-state index in [1.165, 1.54) is 12.1 Å². The van der Waals surface area contributed by atoms with Gasteiger partial charge in [-0.05, 0) is 47.9 Å². The molecular weight excluding hydrogens is 467 g/mol. The Hall–Kier alpha value is -4.92. The molecule has 0 spiro atoms. The van der Waals surface area contributed by atoms with Crippen LogP contribution in [0.3, 0.4) is 0 Å². The molecule has 1 aromatic carbocycles. The number of benzene rings is 1. The Balaban J connectivity index is 1.41. The van der Waals surface area contributed by atoms with Crippen LogP contribution in [-0.4, -0.2) is 35.1 Å². The minimum absolute atomic E-state index is 0.298. The molecule has 0 unspecified atom stereocenters. The van der Waals surface area contributed by atoms with Crippen LogP contribution in [0.5, 0.6) is 0 Å². The molecular formula is C28H23FN8. The molecule has 3 N–H and O–H groups in total. The fraction of sp³-hybridized carbons (Fsp3) is 0.107. The molecule has 0 aliphatic rings. The van der Waals surface area contributed by atoms with Crippen LogP contribution in [-0.2, 0) is 0 Å². The van der Waals surface area contributed by atoms with Crippen molar-refractivity contribution in [3.63, 3.8) is 0 Å². The fourth-order valence-corrected chi connectivity index (χ4v) is 4.12. The third-order valence-corrected chi connectivity index (χ3v) is 6.20. The van der Waals surface area contributed by atoms with Crippen molar-refractivity contribution in [2.24, 2.45) is 5.92 Å². The summed E-state index contributed by atoms with van der Waals surface area (Å²) in [7, 11) is 0. The zero-order chi connectivity index (χ0) is 25.5.